The summed E-state index contributed by atoms with van der Waals surface area (Å²) in [5.74, 6) is -0.859. The van der Waals surface area contributed by atoms with Crippen LogP contribution in [0, 0.1) is 0 Å². The Hall–Kier alpha value is -2.37. The molecule has 6 heteroatoms. The molecule has 6 nitrogen and oxygen atoms in total. The standard InChI is InChI=1S/C57H104O6/c1-4-7-10-13-16-19-22-25-27-28-29-30-31-33-35-38-41-44-47-50-56(59)62-53-54(52-61-55(58)49-46-43-40-37-34-24-21-18-15-12-9-6-3)63-57(60)51-48-45-42-39-36-32-26-23-20-17-14-11-8-5-2/h7,10,16,19,25,27,54H,4-6,8-9,11-15,17-18,20-24,26,28-53H2,1-3H3/b10-7-,19-16-,27-25-. The summed E-state index contributed by atoms with van der Waals surface area (Å²) in [5.41, 5.74) is 0. The third-order valence-electron chi connectivity index (χ3n) is 12.2. The third kappa shape index (κ3) is 50.5. The van der Waals surface area contributed by atoms with Crippen LogP contribution in [-0.4, -0.2) is 37.2 Å². The van der Waals surface area contributed by atoms with Crippen LogP contribution in [0.2, 0.25) is 0 Å². The van der Waals surface area contributed by atoms with Crippen molar-refractivity contribution in [2.45, 2.75) is 297 Å². The molecule has 0 heterocycles. The van der Waals surface area contributed by atoms with E-state index in [1.165, 1.54) is 173 Å². The third-order valence-corrected chi connectivity index (χ3v) is 12.2. The van der Waals surface area contributed by atoms with Gasteiger partial charge in [-0.05, 0) is 51.4 Å². The summed E-state index contributed by atoms with van der Waals surface area (Å²) in [4.78, 5) is 38.0. The highest BCUT2D eigenvalue weighted by Gasteiger charge is 2.19. The largest absolute Gasteiger partial charge is 0.462 e. The Kier molecular flexibility index (Phi) is 50.3. The Morgan fingerprint density at radius 1 is 0.333 bits per heavy atom. The predicted molar refractivity (Wildman–Crippen MR) is 270 cm³/mol. The summed E-state index contributed by atoms with van der Waals surface area (Å²) in [7, 11) is 0. The van der Waals surface area contributed by atoms with Gasteiger partial charge in [-0.2, -0.15) is 0 Å². The zero-order valence-electron chi connectivity index (χ0n) is 42.1. The van der Waals surface area contributed by atoms with E-state index in [9.17, 15) is 14.4 Å². The predicted octanol–water partition coefficient (Wildman–Crippen LogP) is 18.1. The second-order valence-electron chi connectivity index (χ2n) is 18.5. The number of allylic oxidation sites excluding steroid dienone is 6. The molecule has 0 spiro atoms. The molecule has 1 atom stereocenters. The van der Waals surface area contributed by atoms with Crippen molar-refractivity contribution < 1.29 is 28.6 Å². The summed E-state index contributed by atoms with van der Waals surface area (Å²) in [6.45, 7) is 6.56. The fourth-order valence-electron chi connectivity index (χ4n) is 8.05. The first kappa shape index (κ1) is 60.6. The van der Waals surface area contributed by atoms with Crippen LogP contribution in [0.4, 0.5) is 0 Å². The van der Waals surface area contributed by atoms with E-state index in [2.05, 4.69) is 57.2 Å². The van der Waals surface area contributed by atoms with Gasteiger partial charge >= 0.3 is 17.9 Å². The van der Waals surface area contributed by atoms with Gasteiger partial charge in [-0.25, -0.2) is 0 Å². The molecule has 368 valence electrons. The van der Waals surface area contributed by atoms with E-state index in [4.69, 9.17) is 14.2 Å². The maximum atomic E-state index is 12.8. The van der Waals surface area contributed by atoms with E-state index in [0.717, 1.165) is 77.0 Å². The van der Waals surface area contributed by atoms with Crippen molar-refractivity contribution in [2.75, 3.05) is 13.2 Å². The fraction of sp³-hybridized carbons (Fsp3) is 0.842. The molecule has 0 fully saturated rings. The Labute approximate surface area is 391 Å². The van der Waals surface area contributed by atoms with Crippen molar-refractivity contribution >= 4 is 17.9 Å². The maximum absolute atomic E-state index is 12.8. The van der Waals surface area contributed by atoms with E-state index >= 15 is 0 Å². The van der Waals surface area contributed by atoms with Gasteiger partial charge in [-0.15, -0.1) is 0 Å². The molecule has 0 saturated carbocycles. The van der Waals surface area contributed by atoms with Crippen molar-refractivity contribution in [1.29, 1.82) is 0 Å². The van der Waals surface area contributed by atoms with Gasteiger partial charge in [-0.3, -0.25) is 14.4 Å². The first-order valence-corrected chi connectivity index (χ1v) is 27.5. The fourth-order valence-corrected chi connectivity index (χ4v) is 8.05. The highest BCUT2D eigenvalue weighted by Crippen LogP contribution is 2.16. The van der Waals surface area contributed by atoms with Crippen LogP contribution >= 0.6 is 0 Å². The molecule has 0 aliphatic carbocycles. The molecule has 0 N–H and O–H groups in total. The molecule has 0 amide bonds. The summed E-state index contributed by atoms with van der Waals surface area (Å²) < 4.78 is 16.8. The van der Waals surface area contributed by atoms with Crippen molar-refractivity contribution in [3.8, 4) is 0 Å². The van der Waals surface area contributed by atoms with E-state index in [1.54, 1.807) is 0 Å². The average molecular weight is 885 g/mol. The van der Waals surface area contributed by atoms with Crippen LogP contribution < -0.4 is 0 Å². The smallest absolute Gasteiger partial charge is 0.306 e. The van der Waals surface area contributed by atoms with Gasteiger partial charge in [0.2, 0.25) is 0 Å². The number of ether oxygens (including phenoxy) is 3. The quantitative estimate of drug-likeness (QED) is 0.0262. The topological polar surface area (TPSA) is 78.9 Å². The minimum atomic E-state index is -0.768. The molecule has 0 aromatic heterocycles. The normalized spacial score (nSPS) is 12.2. The molecule has 1 unspecified atom stereocenters. The van der Waals surface area contributed by atoms with Crippen molar-refractivity contribution in [3.63, 3.8) is 0 Å². The second kappa shape index (κ2) is 52.3. The first-order chi connectivity index (χ1) is 31.0. The molecule has 0 rings (SSSR count). The zero-order chi connectivity index (χ0) is 45.8. The van der Waals surface area contributed by atoms with Crippen LogP contribution in [0.5, 0.6) is 0 Å². The van der Waals surface area contributed by atoms with Gasteiger partial charge in [0.15, 0.2) is 6.10 Å². The Morgan fingerprint density at radius 2 is 0.619 bits per heavy atom. The highest BCUT2D eigenvalue weighted by atomic mass is 16.6. The van der Waals surface area contributed by atoms with Gasteiger partial charge in [0.1, 0.15) is 13.2 Å². The number of carbonyl (C=O) groups excluding carboxylic acids is 3. The molecule has 0 aliphatic rings. The zero-order valence-corrected chi connectivity index (χ0v) is 42.1. The molecule has 63 heavy (non-hydrogen) atoms. The first-order valence-electron chi connectivity index (χ1n) is 27.5. The molecule has 0 saturated heterocycles. The monoisotopic (exact) mass is 885 g/mol. The van der Waals surface area contributed by atoms with Crippen LogP contribution in [0.15, 0.2) is 36.5 Å². The second-order valence-corrected chi connectivity index (χ2v) is 18.5. The minimum absolute atomic E-state index is 0.0689. The maximum Gasteiger partial charge on any atom is 0.306 e. The summed E-state index contributed by atoms with van der Waals surface area (Å²) >= 11 is 0. The number of unbranched alkanes of at least 4 members (excludes halogenated alkanes) is 33. The van der Waals surface area contributed by atoms with E-state index in [0.29, 0.717) is 19.3 Å². The Bertz CT molecular complexity index is 1060. The summed E-state index contributed by atoms with van der Waals surface area (Å²) in [6, 6.07) is 0. The van der Waals surface area contributed by atoms with E-state index < -0.39 is 6.10 Å². The van der Waals surface area contributed by atoms with Crippen LogP contribution in [0.25, 0.3) is 0 Å². The van der Waals surface area contributed by atoms with E-state index in [-0.39, 0.29) is 31.1 Å². The number of hydrogen-bond acceptors (Lipinski definition) is 6. The number of rotatable bonds is 50. The van der Waals surface area contributed by atoms with Crippen molar-refractivity contribution in [2.24, 2.45) is 0 Å². The molecular formula is C57H104O6. The van der Waals surface area contributed by atoms with Crippen molar-refractivity contribution in [3.05, 3.63) is 36.5 Å². The van der Waals surface area contributed by atoms with Crippen LogP contribution in [0.3, 0.4) is 0 Å². The summed E-state index contributed by atoms with van der Waals surface area (Å²) in [6.07, 6.45) is 61.3. The van der Waals surface area contributed by atoms with Crippen LogP contribution in [0.1, 0.15) is 290 Å². The Morgan fingerprint density at radius 3 is 0.968 bits per heavy atom. The lowest BCUT2D eigenvalue weighted by atomic mass is 10.0. The lowest BCUT2D eigenvalue weighted by Gasteiger charge is -2.18. The highest BCUT2D eigenvalue weighted by molar-refractivity contribution is 5.71. The molecule has 0 radical (unpaired) electrons. The number of esters is 3. The summed E-state index contributed by atoms with van der Waals surface area (Å²) in [5, 5.41) is 0. The minimum Gasteiger partial charge on any atom is -0.462 e. The number of hydrogen-bond donors (Lipinski definition) is 0. The molecule has 0 aromatic rings. The van der Waals surface area contributed by atoms with Gasteiger partial charge in [-0.1, -0.05) is 256 Å². The van der Waals surface area contributed by atoms with Gasteiger partial charge in [0.05, 0.1) is 0 Å². The van der Waals surface area contributed by atoms with Gasteiger partial charge < -0.3 is 14.2 Å². The van der Waals surface area contributed by atoms with E-state index in [1.807, 2.05) is 0 Å². The molecular weight excluding hydrogens is 781 g/mol. The van der Waals surface area contributed by atoms with Crippen LogP contribution in [-0.2, 0) is 28.6 Å². The Balaban J connectivity index is 4.31. The van der Waals surface area contributed by atoms with Crippen molar-refractivity contribution in [1.82, 2.24) is 0 Å². The molecule has 0 aliphatic heterocycles. The molecule has 0 aromatic carbocycles. The average Bonchev–Trinajstić information content (AvgIpc) is 3.28. The number of carbonyl (C=O) groups is 3. The lowest BCUT2D eigenvalue weighted by Crippen LogP contribution is -2.30. The molecule has 0 bridgehead atoms. The van der Waals surface area contributed by atoms with Gasteiger partial charge in [0.25, 0.3) is 0 Å². The lowest BCUT2D eigenvalue weighted by molar-refractivity contribution is -0.167. The van der Waals surface area contributed by atoms with Gasteiger partial charge in [0, 0.05) is 19.3 Å². The SMILES string of the molecule is CC/C=C\C/C=C\C/C=C\CCCCCCCCCCCC(=O)OCC(COC(=O)CCCCCCCCCCCCCC)OC(=O)CCCCCCCCCCCCCCCC.